The van der Waals surface area contributed by atoms with E-state index in [1.165, 1.54) is 5.56 Å². The van der Waals surface area contributed by atoms with Crippen LogP contribution in [0.2, 0.25) is 0 Å². The van der Waals surface area contributed by atoms with Crippen LogP contribution in [0.1, 0.15) is 39.7 Å². The van der Waals surface area contributed by atoms with E-state index < -0.39 is 5.54 Å². The number of carbonyl (C=O) groups excluding carboxylic acids is 1. The standard InChI is InChI=1S/C27H32N2O3/c1-18(2)15-21-10-13-23(14-11-21)31-17-25(30)29(19(3)4)26-28-27(16-24(27)32-26)22-8-6-7-20(5)9-12-22/h6-14,18-19,24H,5,15-17H2,1-4H3. The maximum Gasteiger partial charge on any atom is 0.295 e. The van der Waals surface area contributed by atoms with Crippen LogP contribution >= 0.6 is 0 Å². The van der Waals surface area contributed by atoms with Gasteiger partial charge in [-0.05, 0) is 55.0 Å². The van der Waals surface area contributed by atoms with Crippen molar-refractivity contribution in [3.63, 3.8) is 0 Å². The number of allylic oxidation sites excluding steroid dienone is 5. The lowest BCUT2D eigenvalue weighted by atomic mass is 10.0. The number of aliphatic imine (C=N–C) groups is 1. The van der Waals surface area contributed by atoms with Crippen LogP contribution in [0.4, 0.5) is 0 Å². The molecule has 168 valence electrons. The van der Waals surface area contributed by atoms with E-state index in [-0.39, 0.29) is 24.7 Å². The Balaban J connectivity index is 1.44. The molecule has 1 saturated carbocycles. The van der Waals surface area contributed by atoms with Gasteiger partial charge in [0.25, 0.3) is 11.9 Å². The number of benzene rings is 1. The van der Waals surface area contributed by atoms with Gasteiger partial charge in [-0.1, -0.05) is 62.9 Å². The van der Waals surface area contributed by atoms with Gasteiger partial charge in [-0.3, -0.25) is 9.69 Å². The minimum atomic E-state index is -0.401. The molecule has 2 atom stereocenters. The lowest BCUT2D eigenvalue weighted by molar-refractivity contribution is -0.131. The third kappa shape index (κ3) is 4.57. The zero-order chi connectivity index (χ0) is 22.9. The summed E-state index contributed by atoms with van der Waals surface area (Å²) in [5, 5.41) is 0. The van der Waals surface area contributed by atoms with Crippen molar-refractivity contribution >= 4 is 11.9 Å². The zero-order valence-electron chi connectivity index (χ0n) is 19.4. The van der Waals surface area contributed by atoms with Gasteiger partial charge in [0, 0.05) is 12.5 Å². The fourth-order valence-electron chi connectivity index (χ4n) is 4.18. The number of amidine groups is 1. The molecule has 32 heavy (non-hydrogen) atoms. The molecule has 2 aliphatic carbocycles. The summed E-state index contributed by atoms with van der Waals surface area (Å²) in [5.74, 6) is 1.12. The van der Waals surface area contributed by atoms with Crippen molar-refractivity contribution in [1.29, 1.82) is 0 Å². The molecular formula is C27H32N2O3. The predicted molar refractivity (Wildman–Crippen MR) is 128 cm³/mol. The molecule has 1 aromatic carbocycles. The Morgan fingerprint density at radius 3 is 2.66 bits per heavy atom. The van der Waals surface area contributed by atoms with E-state index in [0.717, 1.165) is 24.0 Å². The molecule has 2 unspecified atom stereocenters. The number of hydrogen-bond donors (Lipinski definition) is 0. The summed E-state index contributed by atoms with van der Waals surface area (Å²) < 4.78 is 11.9. The van der Waals surface area contributed by atoms with Crippen molar-refractivity contribution in [3.8, 4) is 5.75 Å². The number of ether oxygens (including phenoxy) is 2. The second-order valence-corrected chi connectivity index (χ2v) is 9.41. The lowest BCUT2D eigenvalue weighted by Crippen LogP contribution is -2.45. The van der Waals surface area contributed by atoms with Crippen molar-refractivity contribution in [1.82, 2.24) is 4.90 Å². The summed E-state index contributed by atoms with van der Waals surface area (Å²) in [6, 6.07) is 8.25. The zero-order valence-corrected chi connectivity index (χ0v) is 19.4. The van der Waals surface area contributed by atoms with Crippen molar-refractivity contribution < 1.29 is 14.3 Å². The van der Waals surface area contributed by atoms with E-state index in [9.17, 15) is 4.79 Å². The number of nitrogens with zero attached hydrogens (tertiary/aromatic N) is 2. The third-order valence-corrected chi connectivity index (χ3v) is 5.90. The molecule has 1 heterocycles. The highest BCUT2D eigenvalue weighted by Gasteiger charge is 2.64. The molecule has 0 spiro atoms. The number of carbonyl (C=O) groups is 1. The summed E-state index contributed by atoms with van der Waals surface area (Å²) in [5.41, 5.74) is 2.89. The molecule has 1 amide bonds. The van der Waals surface area contributed by atoms with Crippen molar-refractivity contribution in [2.24, 2.45) is 10.9 Å². The third-order valence-electron chi connectivity index (χ3n) is 5.90. The van der Waals surface area contributed by atoms with Crippen LogP contribution in [0.15, 0.2) is 77.4 Å². The van der Waals surface area contributed by atoms with Crippen LogP contribution in [-0.2, 0) is 16.0 Å². The Morgan fingerprint density at radius 1 is 1.22 bits per heavy atom. The molecule has 5 heteroatoms. The van der Waals surface area contributed by atoms with E-state index in [1.807, 2.05) is 50.3 Å². The Kier molecular flexibility index (Phi) is 6.09. The second-order valence-electron chi connectivity index (χ2n) is 9.41. The van der Waals surface area contributed by atoms with Crippen LogP contribution < -0.4 is 4.74 Å². The molecule has 1 aliphatic heterocycles. The summed E-state index contributed by atoms with van der Waals surface area (Å²) in [6.07, 6.45) is 11.9. The first-order chi connectivity index (χ1) is 15.3. The highest BCUT2D eigenvalue weighted by atomic mass is 16.5. The molecule has 4 rings (SSSR count). The van der Waals surface area contributed by atoms with E-state index >= 15 is 0 Å². The van der Waals surface area contributed by atoms with Gasteiger partial charge in [0.05, 0.1) is 0 Å². The van der Waals surface area contributed by atoms with E-state index in [4.69, 9.17) is 14.5 Å². The first-order valence-corrected chi connectivity index (χ1v) is 11.3. The molecule has 0 saturated heterocycles. The quantitative estimate of drug-likeness (QED) is 0.609. The van der Waals surface area contributed by atoms with Gasteiger partial charge >= 0.3 is 0 Å². The summed E-state index contributed by atoms with van der Waals surface area (Å²) in [7, 11) is 0. The molecule has 0 N–H and O–H groups in total. The monoisotopic (exact) mass is 432 g/mol. The minimum Gasteiger partial charge on any atom is -0.484 e. The molecule has 0 bridgehead atoms. The summed E-state index contributed by atoms with van der Waals surface area (Å²) >= 11 is 0. The molecule has 1 aromatic rings. The van der Waals surface area contributed by atoms with Gasteiger partial charge in [0.15, 0.2) is 6.61 Å². The van der Waals surface area contributed by atoms with Crippen LogP contribution in [0.3, 0.4) is 0 Å². The van der Waals surface area contributed by atoms with Gasteiger partial charge in [0.1, 0.15) is 17.4 Å². The molecular weight excluding hydrogens is 400 g/mol. The van der Waals surface area contributed by atoms with Crippen LogP contribution in [0.5, 0.6) is 5.75 Å². The number of fused-ring (bicyclic) bond motifs is 1. The van der Waals surface area contributed by atoms with Gasteiger partial charge in [-0.25, -0.2) is 4.99 Å². The van der Waals surface area contributed by atoms with Crippen molar-refractivity contribution in [3.05, 3.63) is 77.9 Å². The predicted octanol–water partition coefficient (Wildman–Crippen LogP) is 5.01. The first kappa shape index (κ1) is 22.1. The Labute approximate surface area is 190 Å². The van der Waals surface area contributed by atoms with Crippen LogP contribution in [-0.4, -0.2) is 41.1 Å². The van der Waals surface area contributed by atoms with E-state index in [2.05, 4.69) is 38.6 Å². The Bertz CT molecular complexity index is 1010. The van der Waals surface area contributed by atoms with Crippen molar-refractivity contribution in [2.75, 3.05) is 6.61 Å². The lowest BCUT2D eigenvalue weighted by Gasteiger charge is -2.26. The molecule has 1 fully saturated rings. The highest BCUT2D eigenvalue weighted by molar-refractivity contribution is 5.97. The summed E-state index contributed by atoms with van der Waals surface area (Å²) in [6.45, 7) is 12.2. The normalized spacial score (nSPS) is 23.4. The average Bonchev–Trinajstić information content (AvgIpc) is 3.37. The van der Waals surface area contributed by atoms with Crippen LogP contribution in [0.25, 0.3) is 0 Å². The van der Waals surface area contributed by atoms with Crippen molar-refractivity contribution in [2.45, 2.75) is 58.2 Å². The smallest absolute Gasteiger partial charge is 0.295 e. The van der Waals surface area contributed by atoms with Gasteiger partial charge in [-0.2, -0.15) is 0 Å². The number of amides is 1. The second kappa shape index (κ2) is 8.81. The van der Waals surface area contributed by atoms with Gasteiger partial charge in [-0.15, -0.1) is 0 Å². The topological polar surface area (TPSA) is 51.1 Å². The van der Waals surface area contributed by atoms with Gasteiger partial charge in [0.2, 0.25) is 0 Å². The fraction of sp³-hybridized carbons (Fsp3) is 0.407. The average molecular weight is 433 g/mol. The highest BCUT2D eigenvalue weighted by Crippen LogP contribution is 2.53. The molecule has 0 aromatic heterocycles. The van der Waals surface area contributed by atoms with E-state index in [0.29, 0.717) is 17.7 Å². The SMILES string of the molecule is C=C1C=CC=C(C23CC2OC(N(C(=O)COc2ccc(CC(C)C)cc2)C(C)C)=N3)C=C1. The molecule has 0 radical (unpaired) electrons. The molecule has 3 aliphatic rings. The minimum absolute atomic E-state index is 0.0309. The largest absolute Gasteiger partial charge is 0.484 e. The first-order valence-electron chi connectivity index (χ1n) is 11.3. The summed E-state index contributed by atoms with van der Waals surface area (Å²) in [4.78, 5) is 19.5. The maximum atomic E-state index is 13.0. The Hall–Kier alpha value is -3.08. The fourth-order valence-corrected chi connectivity index (χ4v) is 4.18. The van der Waals surface area contributed by atoms with Gasteiger partial charge < -0.3 is 9.47 Å². The Morgan fingerprint density at radius 2 is 1.97 bits per heavy atom. The maximum absolute atomic E-state index is 13.0. The van der Waals surface area contributed by atoms with E-state index in [1.54, 1.807) is 4.90 Å². The number of hydrogen-bond acceptors (Lipinski definition) is 4. The number of rotatable bonds is 7. The van der Waals surface area contributed by atoms with Crippen LogP contribution in [0, 0.1) is 5.92 Å². The molecule has 5 nitrogen and oxygen atoms in total.